The van der Waals surface area contributed by atoms with E-state index in [1.165, 1.54) is 70.6 Å². The lowest BCUT2D eigenvalue weighted by molar-refractivity contribution is -0.870. The number of hydrogen-bond donors (Lipinski definition) is 4. The first-order valence-corrected chi connectivity index (χ1v) is 21.4. The lowest BCUT2D eigenvalue weighted by Gasteiger charge is -2.28. The van der Waals surface area contributed by atoms with E-state index in [9.17, 15) is 24.5 Å². The number of hydrogen-bond acceptors (Lipinski definition) is 6. The van der Waals surface area contributed by atoms with Crippen molar-refractivity contribution in [1.29, 1.82) is 0 Å². The third-order valence-corrected chi connectivity index (χ3v) is 9.77. The molecule has 294 valence electrons. The van der Waals surface area contributed by atoms with Crippen LogP contribution in [0, 0.1) is 0 Å². The highest BCUT2D eigenvalue weighted by Gasteiger charge is 2.31. The molecule has 10 heteroatoms. The summed E-state index contributed by atoms with van der Waals surface area (Å²) in [6.45, 7) is 4.34. The number of aliphatic hydroxyl groups excluding tert-OH is 2. The van der Waals surface area contributed by atoms with Crippen LogP contribution in [-0.2, 0) is 18.4 Å². The highest BCUT2D eigenvalue weighted by Crippen LogP contribution is 2.43. The monoisotopic (exact) mass is 730 g/mol. The molecule has 0 radical (unpaired) electrons. The Morgan fingerprint density at radius 1 is 0.720 bits per heavy atom. The number of carbonyl (C=O) groups excluding carboxylic acids is 1. The van der Waals surface area contributed by atoms with E-state index in [1.54, 1.807) is 0 Å². The van der Waals surface area contributed by atoms with Gasteiger partial charge in [-0.3, -0.25) is 13.8 Å². The molecule has 1 amide bonds. The lowest BCUT2D eigenvalue weighted by Crippen LogP contribution is -2.51. The minimum Gasteiger partial charge on any atom is -0.390 e. The molecule has 9 nitrogen and oxygen atoms in total. The molecule has 4 unspecified atom stereocenters. The molecular formula is C40H78N2O7P+. The molecule has 0 bridgehead atoms. The van der Waals surface area contributed by atoms with Crippen LogP contribution >= 0.6 is 7.82 Å². The van der Waals surface area contributed by atoms with Crippen molar-refractivity contribution >= 4 is 13.7 Å². The van der Waals surface area contributed by atoms with Crippen LogP contribution in [0.15, 0.2) is 36.5 Å². The second-order valence-electron chi connectivity index (χ2n) is 14.8. The van der Waals surface area contributed by atoms with E-state index in [0.29, 0.717) is 23.9 Å². The summed E-state index contributed by atoms with van der Waals surface area (Å²) in [5.74, 6) is -0.277. The molecule has 0 aromatic rings. The van der Waals surface area contributed by atoms with Crippen molar-refractivity contribution in [3.63, 3.8) is 0 Å². The molecule has 0 aliphatic heterocycles. The van der Waals surface area contributed by atoms with Gasteiger partial charge in [-0.05, 0) is 58.3 Å². The van der Waals surface area contributed by atoms with Crippen molar-refractivity contribution in [3.05, 3.63) is 36.5 Å². The fourth-order valence-corrected chi connectivity index (χ4v) is 6.27. The minimum atomic E-state index is -4.42. The average Bonchev–Trinajstić information content (AvgIpc) is 3.06. The number of nitrogens with one attached hydrogen (secondary N) is 1. The number of nitrogens with zero attached hydrogens (tertiary/aromatic N) is 1. The van der Waals surface area contributed by atoms with Crippen molar-refractivity contribution < 1.29 is 38.0 Å². The van der Waals surface area contributed by atoms with Crippen LogP contribution < -0.4 is 5.32 Å². The summed E-state index contributed by atoms with van der Waals surface area (Å²) < 4.78 is 23.4. The predicted octanol–water partition coefficient (Wildman–Crippen LogP) is 9.32. The number of aliphatic hydroxyl groups is 2. The summed E-state index contributed by atoms with van der Waals surface area (Å²) in [6, 6.07) is -1.05. The van der Waals surface area contributed by atoms with Crippen LogP contribution in [0.1, 0.15) is 155 Å². The third kappa shape index (κ3) is 32.6. The number of rotatable bonds is 35. The van der Waals surface area contributed by atoms with E-state index in [-0.39, 0.29) is 18.9 Å². The first kappa shape index (κ1) is 48.7. The molecule has 4 atom stereocenters. The number of phosphoric acid groups is 1. The average molecular weight is 730 g/mol. The fourth-order valence-electron chi connectivity index (χ4n) is 5.53. The number of phosphoric ester groups is 1. The van der Waals surface area contributed by atoms with Crippen molar-refractivity contribution in [3.8, 4) is 0 Å². The Hall–Kier alpha value is -1.32. The molecule has 0 rings (SSSR count). The van der Waals surface area contributed by atoms with Gasteiger partial charge in [-0.25, -0.2) is 4.57 Å². The molecule has 0 saturated heterocycles. The zero-order valence-electron chi connectivity index (χ0n) is 32.7. The second kappa shape index (κ2) is 32.3. The molecule has 50 heavy (non-hydrogen) atoms. The van der Waals surface area contributed by atoms with Gasteiger partial charge in [-0.15, -0.1) is 0 Å². The van der Waals surface area contributed by atoms with Gasteiger partial charge >= 0.3 is 7.82 Å². The normalized spacial score (nSPS) is 15.6. The minimum absolute atomic E-state index is 0.0129. The van der Waals surface area contributed by atoms with Gasteiger partial charge in [0.15, 0.2) is 0 Å². The van der Waals surface area contributed by atoms with E-state index in [0.717, 1.165) is 51.4 Å². The van der Waals surface area contributed by atoms with Gasteiger partial charge in [0.25, 0.3) is 0 Å². The van der Waals surface area contributed by atoms with Crippen LogP contribution in [0.3, 0.4) is 0 Å². The molecule has 0 aliphatic carbocycles. The van der Waals surface area contributed by atoms with E-state index in [1.807, 2.05) is 28.1 Å². The lowest BCUT2D eigenvalue weighted by atomic mass is 10.0. The highest BCUT2D eigenvalue weighted by atomic mass is 31.2. The van der Waals surface area contributed by atoms with E-state index >= 15 is 0 Å². The van der Waals surface area contributed by atoms with E-state index in [2.05, 4.69) is 48.7 Å². The molecule has 0 aromatic heterocycles. The zero-order chi connectivity index (χ0) is 37.4. The van der Waals surface area contributed by atoms with E-state index in [4.69, 9.17) is 9.05 Å². The fraction of sp³-hybridized carbons (Fsp3) is 0.825. The highest BCUT2D eigenvalue weighted by molar-refractivity contribution is 7.47. The number of allylic oxidation sites excluding steroid dienone is 6. The van der Waals surface area contributed by atoms with E-state index < -0.39 is 32.7 Å². The Balaban J connectivity index is 4.64. The maximum atomic E-state index is 12.8. The maximum Gasteiger partial charge on any atom is 0.472 e. The summed E-state index contributed by atoms with van der Waals surface area (Å²) in [5.41, 5.74) is 0. The van der Waals surface area contributed by atoms with Crippen LogP contribution in [0.2, 0.25) is 0 Å². The molecule has 0 fully saturated rings. The maximum absolute atomic E-state index is 12.8. The molecule has 4 N–H and O–H groups in total. The number of quaternary nitrogens is 1. The van der Waals surface area contributed by atoms with Crippen LogP contribution in [0.25, 0.3) is 0 Å². The van der Waals surface area contributed by atoms with Gasteiger partial charge in [0.2, 0.25) is 5.91 Å². The molecule has 0 aliphatic rings. The molecular weight excluding hydrogens is 651 g/mol. The smallest absolute Gasteiger partial charge is 0.390 e. The van der Waals surface area contributed by atoms with Crippen LogP contribution in [0.4, 0.5) is 0 Å². The quantitative estimate of drug-likeness (QED) is 0.0222. The SMILES string of the molecule is C/C=C/CC/C=C/CC/C=C/CCCC(O)C(O)C(COP(=O)(O)OCC[N+](C)(C)C)NC(=O)CCCCCCCCCCCCCCCC. The van der Waals surface area contributed by atoms with Gasteiger partial charge in [0.05, 0.1) is 39.9 Å². The van der Waals surface area contributed by atoms with Gasteiger partial charge < -0.3 is 24.9 Å². The second-order valence-corrected chi connectivity index (χ2v) is 16.2. The number of likely N-dealkylation sites (N-methyl/N-ethyl adjacent to an activating group) is 1. The summed E-state index contributed by atoms with van der Waals surface area (Å²) in [6.07, 6.45) is 33.6. The topological polar surface area (TPSA) is 125 Å². The Kier molecular flexibility index (Phi) is 31.5. The van der Waals surface area contributed by atoms with Crippen molar-refractivity contribution in [2.45, 2.75) is 173 Å². The summed E-state index contributed by atoms with van der Waals surface area (Å²) in [4.78, 5) is 23.1. The van der Waals surface area contributed by atoms with Crippen molar-refractivity contribution in [2.24, 2.45) is 0 Å². The Bertz CT molecular complexity index is 935. The van der Waals surface area contributed by atoms with Gasteiger partial charge in [-0.1, -0.05) is 127 Å². The first-order valence-electron chi connectivity index (χ1n) is 19.9. The Morgan fingerprint density at radius 2 is 1.20 bits per heavy atom. The Morgan fingerprint density at radius 3 is 1.70 bits per heavy atom. The summed E-state index contributed by atoms with van der Waals surface area (Å²) >= 11 is 0. The Labute approximate surface area is 307 Å². The van der Waals surface area contributed by atoms with Crippen LogP contribution in [0.5, 0.6) is 0 Å². The standard InChI is InChI=1S/C40H77N2O7P/c1-6-8-10-12-14-16-18-20-21-23-25-27-29-31-33-39(44)41-37(36-49-50(46,47)48-35-34-42(3,4)5)40(45)38(43)32-30-28-26-24-22-19-17-15-13-11-9-7-2/h7,9,15,17,24,26,37-38,40,43,45H,6,8,10-14,16,18-23,25,27-36H2,1-5H3,(H-,41,44,46,47)/p+1/b9-7+,17-15+,26-24+. The van der Waals surface area contributed by atoms with Gasteiger partial charge in [0.1, 0.15) is 19.3 Å². The number of amides is 1. The summed E-state index contributed by atoms with van der Waals surface area (Å²) in [5, 5.41) is 24.5. The third-order valence-electron chi connectivity index (χ3n) is 8.78. The van der Waals surface area contributed by atoms with Crippen molar-refractivity contribution in [2.75, 3.05) is 40.9 Å². The number of unbranched alkanes of at least 4 members (excludes halogenated alkanes) is 16. The molecule has 0 saturated carbocycles. The van der Waals surface area contributed by atoms with Gasteiger partial charge in [-0.2, -0.15) is 0 Å². The van der Waals surface area contributed by atoms with Crippen molar-refractivity contribution in [1.82, 2.24) is 5.32 Å². The van der Waals surface area contributed by atoms with Crippen LogP contribution in [-0.4, -0.2) is 84.6 Å². The zero-order valence-corrected chi connectivity index (χ0v) is 33.6. The molecule has 0 heterocycles. The van der Waals surface area contributed by atoms with Gasteiger partial charge in [0, 0.05) is 6.42 Å². The molecule has 0 aromatic carbocycles. The predicted molar refractivity (Wildman–Crippen MR) is 209 cm³/mol. The number of carbonyl (C=O) groups is 1. The molecule has 0 spiro atoms. The largest absolute Gasteiger partial charge is 0.472 e. The summed E-state index contributed by atoms with van der Waals surface area (Å²) in [7, 11) is 1.40. The first-order chi connectivity index (χ1) is 23.9.